The highest BCUT2D eigenvalue weighted by atomic mass is 15.1. The van der Waals surface area contributed by atoms with Crippen LogP contribution in [0.25, 0.3) is 0 Å². The van der Waals surface area contributed by atoms with Gasteiger partial charge in [0.05, 0.1) is 5.84 Å². The lowest BCUT2D eigenvalue weighted by atomic mass is 9.87. The van der Waals surface area contributed by atoms with Crippen LogP contribution in [0.15, 0.2) is 0 Å². The predicted molar refractivity (Wildman–Crippen MR) is 69.8 cm³/mol. The Kier molecular flexibility index (Phi) is 4.78. The van der Waals surface area contributed by atoms with Gasteiger partial charge in [0.2, 0.25) is 0 Å². The van der Waals surface area contributed by atoms with E-state index in [0.29, 0.717) is 5.84 Å². The van der Waals surface area contributed by atoms with Gasteiger partial charge in [0.25, 0.3) is 0 Å². The molecule has 0 aromatic carbocycles. The summed E-state index contributed by atoms with van der Waals surface area (Å²) in [6.07, 6.45) is 7.84. The first-order valence-corrected chi connectivity index (χ1v) is 6.48. The Balaban J connectivity index is 2.33. The first-order chi connectivity index (χ1) is 7.43. The Morgan fingerprint density at radius 3 is 2.38 bits per heavy atom. The van der Waals surface area contributed by atoms with Crippen LogP contribution in [0.5, 0.6) is 0 Å². The smallest absolute Gasteiger partial charge is 0.0963 e. The van der Waals surface area contributed by atoms with Crippen LogP contribution in [0.2, 0.25) is 0 Å². The number of nitrogens with two attached hydrogens (primary N) is 1. The second kappa shape index (κ2) is 5.67. The van der Waals surface area contributed by atoms with Gasteiger partial charge in [-0.25, -0.2) is 0 Å². The van der Waals surface area contributed by atoms with E-state index in [4.69, 9.17) is 11.1 Å². The second-order valence-electron chi connectivity index (χ2n) is 5.82. The van der Waals surface area contributed by atoms with Gasteiger partial charge in [-0.1, -0.05) is 33.1 Å². The number of rotatable bonds is 5. The van der Waals surface area contributed by atoms with E-state index in [1.165, 1.54) is 32.1 Å². The Bertz CT molecular complexity index is 229. The average Bonchev–Trinajstić information content (AvgIpc) is 2.27. The van der Waals surface area contributed by atoms with Gasteiger partial charge in [0.15, 0.2) is 0 Å². The van der Waals surface area contributed by atoms with Crippen LogP contribution in [0, 0.1) is 10.8 Å². The molecule has 1 fully saturated rings. The molecule has 1 aliphatic carbocycles. The molecule has 0 spiro atoms. The quantitative estimate of drug-likeness (QED) is 0.558. The third-order valence-corrected chi connectivity index (χ3v) is 4.02. The van der Waals surface area contributed by atoms with Crippen LogP contribution in [-0.4, -0.2) is 30.4 Å². The fourth-order valence-electron chi connectivity index (χ4n) is 2.29. The molecule has 3 nitrogen and oxygen atoms in total. The van der Waals surface area contributed by atoms with Crippen molar-refractivity contribution in [3.63, 3.8) is 0 Å². The van der Waals surface area contributed by atoms with Gasteiger partial charge in [0, 0.05) is 11.5 Å². The standard InChI is InChI=1S/C13H27N3/c1-13(2,12(14)15)9-10-16(3)11-7-5-4-6-8-11/h11H,4-10H2,1-3H3,(H3,14,15). The van der Waals surface area contributed by atoms with Gasteiger partial charge in [0.1, 0.15) is 0 Å². The molecule has 1 saturated carbocycles. The Labute approximate surface area is 99.9 Å². The van der Waals surface area contributed by atoms with Gasteiger partial charge >= 0.3 is 0 Å². The van der Waals surface area contributed by atoms with Crippen molar-refractivity contribution in [3.8, 4) is 0 Å². The summed E-state index contributed by atoms with van der Waals surface area (Å²) in [4.78, 5) is 2.46. The molecule has 0 aromatic rings. The summed E-state index contributed by atoms with van der Waals surface area (Å²) in [7, 11) is 2.21. The first kappa shape index (κ1) is 13.5. The Morgan fingerprint density at radius 2 is 1.88 bits per heavy atom. The molecule has 0 unspecified atom stereocenters. The van der Waals surface area contributed by atoms with Crippen LogP contribution in [0.3, 0.4) is 0 Å². The molecule has 0 heterocycles. The summed E-state index contributed by atoms with van der Waals surface area (Å²) in [6.45, 7) is 5.17. The van der Waals surface area contributed by atoms with Crippen molar-refractivity contribution in [2.24, 2.45) is 11.1 Å². The second-order valence-corrected chi connectivity index (χ2v) is 5.82. The van der Waals surface area contributed by atoms with Crippen molar-refractivity contribution >= 4 is 5.84 Å². The van der Waals surface area contributed by atoms with E-state index < -0.39 is 0 Å². The topological polar surface area (TPSA) is 53.1 Å². The zero-order valence-corrected chi connectivity index (χ0v) is 11.1. The molecule has 0 radical (unpaired) electrons. The summed E-state index contributed by atoms with van der Waals surface area (Å²) >= 11 is 0. The minimum atomic E-state index is -0.150. The number of hydrogen-bond acceptors (Lipinski definition) is 2. The maximum atomic E-state index is 7.55. The minimum absolute atomic E-state index is 0.150. The van der Waals surface area contributed by atoms with E-state index in [9.17, 15) is 0 Å². The van der Waals surface area contributed by atoms with E-state index in [2.05, 4.69) is 25.8 Å². The molecule has 0 atom stereocenters. The fourth-order valence-corrected chi connectivity index (χ4v) is 2.29. The zero-order valence-electron chi connectivity index (χ0n) is 11.1. The van der Waals surface area contributed by atoms with Crippen molar-refractivity contribution in [1.29, 1.82) is 5.41 Å². The highest BCUT2D eigenvalue weighted by molar-refractivity contribution is 5.82. The largest absolute Gasteiger partial charge is 0.387 e. The molecule has 0 amide bonds. The minimum Gasteiger partial charge on any atom is -0.387 e. The molecule has 0 saturated heterocycles. The van der Waals surface area contributed by atoms with Crippen LogP contribution < -0.4 is 5.73 Å². The molecule has 94 valence electrons. The van der Waals surface area contributed by atoms with E-state index >= 15 is 0 Å². The molecule has 3 heteroatoms. The molecule has 0 bridgehead atoms. The van der Waals surface area contributed by atoms with Gasteiger partial charge < -0.3 is 10.6 Å². The third-order valence-electron chi connectivity index (χ3n) is 4.02. The van der Waals surface area contributed by atoms with Gasteiger partial charge in [-0.05, 0) is 32.9 Å². The number of nitrogens with one attached hydrogen (secondary N) is 1. The maximum Gasteiger partial charge on any atom is 0.0963 e. The first-order valence-electron chi connectivity index (χ1n) is 6.48. The fraction of sp³-hybridized carbons (Fsp3) is 0.923. The summed E-state index contributed by atoms with van der Waals surface area (Å²) in [5.41, 5.74) is 5.45. The number of hydrogen-bond donors (Lipinski definition) is 2. The summed E-state index contributed by atoms with van der Waals surface area (Å²) in [5.74, 6) is 0.310. The van der Waals surface area contributed by atoms with E-state index in [1.54, 1.807) is 0 Å². The van der Waals surface area contributed by atoms with Crippen LogP contribution in [0.1, 0.15) is 52.4 Å². The monoisotopic (exact) mass is 225 g/mol. The third kappa shape index (κ3) is 3.78. The average molecular weight is 225 g/mol. The molecule has 0 aliphatic heterocycles. The van der Waals surface area contributed by atoms with E-state index in [-0.39, 0.29) is 5.41 Å². The lowest BCUT2D eigenvalue weighted by Crippen LogP contribution is -2.39. The van der Waals surface area contributed by atoms with Crippen molar-refractivity contribution < 1.29 is 0 Å². The molecular formula is C13H27N3. The SMILES string of the molecule is CN(CCC(C)(C)C(=N)N)C1CCCCC1. The van der Waals surface area contributed by atoms with Crippen LogP contribution >= 0.6 is 0 Å². The Hall–Kier alpha value is -0.570. The maximum absolute atomic E-state index is 7.55. The molecular weight excluding hydrogens is 198 g/mol. The van der Waals surface area contributed by atoms with Crippen LogP contribution in [0.4, 0.5) is 0 Å². The van der Waals surface area contributed by atoms with Gasteiger partial charge in [-0.3, -0.25) is 5.41 Å². The molecule has 16 heavy (non-hydrogen) atoms. The molecule has 1 rings (SSSR count). The lowest BCUT2D eigenvalue weighted by molar-refractivity contribution is 0.177. The van der Waals surface area contributed by atoms with Gasteiger partial charge in [-0.2, -0.15) is 0 Å². The highest BCUT2D eigenvalue weighted by Gasteiger charge is 2.24. The molecule has 3 N–H and O–H groups in total. The number of amidine groups is 1. The van der Waals surface area contributed by atoms with E-state index in [1.807, 2.05) is 0 Å². The van der Waals surface area contributed by atoms with Crippen molar-refractivity contribution in [2.45, 2.75) is 58.4 Å². The Morgan fingerprint density at radius 1 is 1.31 bits per heavy atom. The summed E-state index contributed by atoms with van der Waals surface area (Å²) < 4.78 is 0. The normalized spacial score (nSPS) is 19.0. The lowest BCUT2D eigenvalue weighted by Gasteiger charge is -2.33. The van der Waals surface area contributed by atoms with Crippen LogP contribution in [-0.2, 0) is 0 Å². The summed E-state index contributed by atoms with van der Waals surface area (Å²) in [5, 5.41) is 7.55. The van der Waals surface area contributed by atoms with Crippen molar-refractivity contribution in [2.75, 3.05) is 13.6 Å². The summed E-state index contributed by atoms with van der Waals surface area (Å²) in [6, 6.07) is 0.761. The van der Waals surface area contributed by atoms with Gasteiger partial charge in [-0.15, -0.1) is 0 Å². The van der Waals surface area contributed by atoms with Crippen molar-refractivity contribution in [3.05, 3.63) is 0 Å². The zero-order chi connectivity index (χ0) is 12.2. The predicted octanol–water partition coefficient (Wildman–Crippen LogP) is 2.60. The molecule has 0 aromatic heterocycles. The van der Waals surface area contributed by atoms with Crippen molar-refractivity contribution in [1.82, 2.24) is 4.90 Å². The highest BCUT2D eigenvalue weighted by Crippen LogP contribution is 2.24. The molecule has 1 aliphatic rings. The van der Waals surface area contributed by atoms with E-state index in [0.717, 1.165) is 19.0 Å². The number of nitrogens with zero attached hydrogens (tertiary/aromatic N) is 1.